The summed E-state index contributed by atoms with van der Waals surface area (Å²) in [5.74, 6) is -0.0507. The van der Waals surface area contributed by atoms with Crippen molar-refractivity contribution >= 4 is 62.5 Å². The van der Waals surface area contributed by atoms with Gasteiger partial charge in [0.05, 0.1) is 4.47 Å². The molecule has 1 fully saturated rings. The van der Waals surface area contributed by atoms with E-state index in [2.05, 4.69) is 21.2 Å². The number of ether oxygens (including phenoxy) is 1. The van der Waals surface area contributed by atoms with Gasteiger partial charge in [0, 0.05) is 27.7 Å². The van der Waals surface area contributed by atoms with E-state index in [1.165, 1.54) is 4.90 Å². The van der Waals surface area contributed by atoms with E-state index in [1.54, 1.807) is 43.3 Å². The zero-order valence-electron chi connectivity index (χ0n) is 17.5. The monoisotopic (exact) mass is 560 g/mol. The molecule has 1 aliphatic carbocycles. The van der Waals surface area contributed by atoms with Crippen LogP contribution in [0.2, 0.25) is 15.1 Å². The van der Waals surface area contributed by atoms with E-state index < -0.39 is 6.04 Å². The Morgan fingerprint density at radius 3 is 2.44 bits per heavy atom. The number of benzene rings is 2. The third-order valence-corrected chi connectivity index (χ3v) is 6.91. The highest BCUT2D eigenvalue weighted by atomic mass is 79.9. The van der Waals surface area contributed by atoms with Gasteiger partial charge in [-0.25, -0.2) is 0 Å². The number of rotatable bonds is 8. The second-order valence-electron chi connectivity index (χ2n) is 7.79. The fraction of sp³-hybridized carbons (Fsp3) is 0.391. The third-order valence-electron chi connectivity index (χ3n) is 5.47. The first-order valence-corrected chi connectivity index (χ1v) is 12.3. The van der Waals surface area contributed by atoms with Crippen molar-refractivity contribution < 1.29 is 14.3 Å². The molecule has 1 aliphatic rings. The van der Waals surface area contributed by atoms with Crippen molar-refractivity contribution in [3.05, 3.63) is 61.5 Å². The van der Waals surface area contributed by atoms with E-state index in [-0.39, 0.29) is 31.0 Å². The van der Waals surface area contributed by atoms with Crippen LogP contribution in [-0.4, -0.2) is 35.4 Å². The van der Waals surface area contributed by atoms with Crippen molar-refractivity contribution in [2.24, 2.45) is 0 Å². The summed E-state index contributed by atoms with van der Waals surface area (Å²) >= 11 is 21.7. The molecule has 172 valence electrons. The Morgan fingerprint density at radius 2 is 1.78 bits per heavy atom. The molecule has 0 spiro atoms. The Bertz CT molecular complexity index is 983. The molecule has 2 amide bonds. The molecule has 2 aromatic rings. The van der Waals surface area contributed by atoms with E-state index in [0.29, 0.717) is 30.9 Å². The van der Waals surface area contributed by atoms with E-state index in [4.69, 9.17) is 39.5 Å². The molecule has 0 heterocycles. The molecule has 1 saturated carbocycles. The molecule has 0 aromatic heterocycles. The van der Waals surface area contributed by atoms with Gasteiger partial charge >= 0.3 is 0 Å². The summed E-state index contributed by atoms with van der Waals surface area (Å²) in [4.78, 5) is 27.6. The molecule has 32 heavy (non-hydrogen) atoms. The lowest BCUT2D eigenvalue weighted by atomic mass is 10.1. The molecule has 2 aromatic carbocycles. The molecular formula is C23H24BrCl3N2O3. The summed E-state index contributed by atoms with van der Waals surface area (Å²) in [5, 5.41) is 4.54. The summed E-state index contributed by atoms with van der Waals surface area (Å²) in [6.45, 7) is 1.62. The summed E-state index contributed by atoms with van der Waals surface area (Å²) < 4.78 is 6.34. The minimum atomic E-state index is -0.702. The van der Waals surface area contributed by atoms with Crippen molar-refractivity contribution in [1.29, 1.82) is 0 Å². The van der Waals surface area contributed by atoms with Crippen LogP contribution in [0.1, 0.15) is 38.2 Å². The lowest BCUT2D eigenvalue weighted by Crippen LogP contribution is -2.50. The lowest BCUT2D eigenvalue weighted by Gasteiger charge is -2.30. The molecule has 0 radical (unpaired) electrons. The number of carbonyl (C=O) groups is 2. The Morgan fingerprint density at radius 1 is 1.12 bits per heavy atom. The van der Waals surface area contributed by atoms with Gasteiger partial charge < -0.3 is 15.0 Å². The van der Waals surface area contributed by atoms with Gasteiger partial charge in [0.25, 0.3) is 5.91 Å². The zero-order chi connectivity index (χ0) is 23.3. The fourth-order valence-electron chi connectivity index (χ4n) is 3.62. The van der Waals surface area contributed by atoms with Crippen LogP contribution < -0.4 is 10.1 Å². The van der Waals surface area contributed by atoms with Gasteiger partial charge in [-0.1, -0.05) is 53.7 Å². The molecular weight excluding hydrogens is 539 g/mol. The molecule has 0 bridgehead atoms. The molecule has 3 rings (SSSR count). The maximum atomic E-state index is 13.2. The molecule has 5 nitrogen and oxygen atoms in total. The van der Waals surface area contributed by atoms with Gasteiger partial charge in [0.2, 0.25) is 5.91 Å². The second kappa shape index (κ2) is 11.6. The maximum absolute atomic E-state index is 13.2. The Kier molecular flexibility index (Phi) is 9.12. The topological polar surface area (TPSA) is 58.6 Å². The Labute approximate surface area is 211 Å². The minimum Gasteiger partial charge on any atom is -0.483 e. The predicted octanol–water partition coefficient (Wildman–Crippen LogP) is 6.26. The highest BCUT2D eigenvalue weighted by Gasteiger charge is 2.29. The zero-order valence-corrected chi connectivity index (χ0v) is 21.4. The lowest BCUT2D eigenvalue weighted by molar-refractivity contribution is -0.142. The molecule has 0 aliphatic heterocycles. The maximum Gasteiger partial charge on any atom is 0.261 e. The summed E-state index contributed by atoms with van der Waals surface area (Å²) in [6.07, 6.45) is 4.13. The van der Waals surface area contributed by atoms with Gasteiger partial charge in [-0.2, -0.15) is 0 Å². The van der Waals surface area contributed by atoms with E-state index in [9.17, 15) is 9.59 Å². The van der Waals surface area contributed by atoms with Gasteiger partial charge in [-0.3, -0.25) is 9.59 Å². The van der Waals surface area contributed by atoms with Gasteiger partial charge in [0.1, 0.15) is 11.8 Å². The number of hydrogen-bond acceptors (Lipinski definition) is 3. The van der Waals surface area contributed by atoms with Crippen molar-refractivity contribution in [3.8, 4) is 5.75 Å². The molecule has 1 atom stereocenters. The van der Waals surface area contributed by atoms with Crippen LogP contribution >= 0.6 is 50.7 Å². The van der Waals surface area contributed by atoms with Crippen LogP contribution in [0.3, 0.4) is 0 Å². The van der Waals surface area contributed by atoms with Crippen LogP contribution in [-0.2, 0) is 16.1 Å². The second-order valence-corrected chi connectivity index (χ2v) is 9.92. The number of halogens is 4. The number of nitrogens with one attached hydrogen (secondary N) is 1. The van der Waals surface area contributed by atoms with Crippen LogP contribution in [0.25, 0.3) is 0 Å². The fourth-order valence-corrected chi connectivity index (χ4v) is 4.89. The predicted molar refractivity (Wildman–Crippen MR) is 132 cm³/mol. The molecule has 1 N–H and O–H groups in total. The van der Waals surface area contributed by atoms with Crippen LogP contribution in [0.5, 0.6) is 5.75 Å². The third kappa shape index (κ3) is 6.77. The number of carbonyl (C=O) groups excluding carboxylic acids is 2. The first-order valence-electron chi connectivity index (χ1n) is 10.4. The number of hydrogen-bond donors (Lipinski definition) is 1. The summed E-state index contributed by atoms with van der Waals surface area (Å²) in [5.41, 5.74) is 0.692. The van der Waals surface area contributed by atoms with E-state index in [0.717, 1.165) is 25.7 Å². The Hall–Kier alpha value is -1.47. The first-order chi connectivity index (χ1) is 15.2. The smallest absolute Gasteiger partial charge is 0.261 e. The molecule has 0 saturated heterocycles. The summed E-state index contributed by atoms with van der Waals surface area (Å²) in [7, 11) is 0. The first kappa shape index (κ1) is 25.2. The van der Waals surface area contributed by atoms with Gasteiger partial charge in [-0.05, 0) is 71.6 Å². The van der Waals surface area contributed by atoms with Crippen molar-refractivity contribution in [1.82, 2.24) is 10.2 Å². The quantitative estimate of drug-likeness (QED) is 0.413. The standard InChI is InChI=1S/C23H24BrCl3N2O3/c1-14(23(31)28-18-4-2-3-5-18)29(12-15-6-7-17(26)11-20(15)27)22(30)13-32-21-9-8-16(25)10-19(21)24/h6-11,14,18H,2-5,12-13H2,1H3,(H,28,31). The van der Waals surface area contributed by atoms with Crippen molar-refractivity contribution in [2.45, 2.75) is 51.2 Å². The normalized spacial score (nSPS) is 14.8. The number of amides is 2. The van der Waals surface area contributed by atoms with Crippen LogP contribution in [0.15, 0.2) is 40.9 Å². The van der Waals surface area contributed by atoms with Crippen molar-refractivity contribution in [2.75, 3.05) is 6.61 Å². The molecule has 1 unspecified atom stereocenters. The SMILES string of the molecule is CC(C(=O)NC1CCCC1)N(Cc1ccc(Cl)cc1Cl)C(=O)COc1ccc(Cl)cc1Br. The Balaban J connectivity index is 1.76. The van der Waals surface area contributed by atoms with E-state index in [1.807, 2.05) is 0 Å². The largest absolute Gasteiger partial charge is 0.483 e. The average molecular weight is 563 g/mol. The van der Waals surface area contributed by atoms with Crippen LogP contribution in [0.4, 0.5) is 0 Å². The van der Waals surface area contributed by atoms with E-state index >= 15 is 0 Å². The van der Waals surface area contributed by atoms with Crippen LogP contribution in [0, 0.1) is 0 Å². The van der Waals surface area contributed by atoms with Crippen molar-refractivity contribution in [3.63, 3.8) is 0 Å². The van der Waals surface area contributed by atoms with Gasteiger partial charge in [0.15, 0.2) is 6.61 Å². The molecule has 9 heteroatoms. The highest BCUT2D eigenvalue weighted by Crippen LogP contribution is 2.28. The average Bonchev–Trinajstić information content (AvgIpc) is 3.25. The summed E-state index contributed by atoms with van der Waals surface area (Å²) in [6, 6.07) is 9.56. The van der Waals surface area contributed by atoms with Gasteiger partial charge in [-0.15, -0.1) is 0 Å². The minimum absolute atomic E-state index is 0.152. The number of nitrogens with zero attached hydrogens (tertiary/aromatic N) is 1. The highest BCUT2D eigenvalue weighted by molar-refractivity contribution is 9.10.